The molecule has 0 bridgehead atoms. The maximum absolute atomic E-state index is 6.01. The minimum Gasteiger partial charge on any atom is -0.493 e. The number of nitrogens with one attached hydrogen (secondary N) is 1. The monoisotopic (exact) mass is 293 g/mol. The van der Waals surface area contributed by atoms with E-state index >= 15 is 0 Å². The van der Waals surface area contributed by atoms with Crippen LogP contribution < -0.4 is 15.8 Å². The van der Waals surface area contributed by atoms with Gasteiger partial charge in [-0.05, 0) is 26.2 Å². The summed E-state index contributed by atoms with van der Waals surface area (Å²) in [5.41, 5.74) is 7.17. The number of benzene rings is 1. The van der Waals surface area contributed by atoms with Gasteiger partial charge in [-0.2, -0.15) is 11.8 Å². The Morgan fingerprint density at radius 2 is 2.25 bits per heavy atom. The van der Waals surface area contributed by atoms with Crippen molar-refractivity contribution in [2.45, 2.75) is 31.1 Å². The average molecular weight is 293 g/mol. The zero-order valence-electron chi connectivity index (χ0n) is 12.3. The Balaban J connectivity index is 2.02. The lowest BCUT2D eigenvalue weighted by molar-refractivity contribution is 0.262. The Kier molecular flexibility index (Phi) is 4.81. The summed E-state index contributed by atoms with van der Waals surface area (Å²) in [5.74, 6) is 1.45. The van der Waals surface area contributed by atoms with Crippen molar-refractivity contribution in [1.29, 1.82) is 0 Å². The number of rotatable bonds is 4. The largest absolute Gasteiger partial charge is 0.493 e. The summed E-state index contributed by atoms with van der Waals surface area (Å²) < 4.78 is 5.75. The number of para-hydroxylation sites is 1. The van der Waals surface area contributed by atoms with E-state index in [9.17, 15) is 0 Å². The molecule has 1 aromatic rings. The molecule has 1 aliphatic heterocycles. The molecule has 0 spiro atoms. The first-order valence-electron chi connectivity index (χ1n) is 6.85. The number of ether oxygens (including phenoxy) is 1. The molecule has 0 aliphatic carbocycles. The molecule has 0 fully saturated rings. The Hall–Kier alpha value is -1.36. The Morgan fingerprint density at radius 3 is 3.00 bits per heavy atom. The van der Waals surface area contributed by atoms with Crippen LogP contribution in [0.5, 0.6) is 5.75 Å². The lowest BCUT2D eigenvalue weighted by Gasteiger charge is -2.27. The minimum absolute atomic E-state index is 0.111. The molecule has 0 saturated heterocycles. The maximum Gasteiger partial charge on any atom is 0.189 e. The topological polar surface area (TPSA) is 59.6 Å². The van der Waals surface area contributed by atoms with Crippen LogP contribution in [0.4, 0.5) is 0 Å². The van der Waals surface area contributed by atoms with Gasteiger partial charge >= 0.3 is 0 Å². The summed E-state index contributed by atoms with van der Waals surface area (Å²) in [7, 11) is 0. The van der Waals surface area contributed by atoms with Crippen molar-refractivity contribution in [3.05, 3.63) is 29.8 Å². The van der Waals surface area contributed by atoms with Crippen LogP contribution >= 0.6 is 11.8 Å². The van der Waals surface area contributed by atoms with Gasteiger partial charge in [0, 0.05) is 16.7 Å². The van der Waals surface area contributed by atoms with Gasteiger partial charge < -0.3 is 15.8 Å². The first-order chi connectivity index (χ1) is 9.52. The van der Waals surface area contributed by atoms with Crippen molar-refractivity contribution in [3.63, 3.8) is 0 Å². The van der Waals surface area contributed by atoms with Gasteiger partial charge in [-0.1, -0.05) is 18.2 Å². The third kappa shape index (κ3) is 3.82. The normalized spacial score (nSPS) is 19.1. The first-order valence-corrected chi connectivity index (χ1v) is 8.07. The second-order valence-corrected chi connectivity index (χ2v) is 7.05. The van der Waals surface area contributed by atoms with E-state index in [0.717, 1.165) is 17.7 Å². The Morgan fingerprint density at radius 1 is 1.50 bits per heavy atom. The summed E-state index contributed by atoms with van der Waals surface area (Å²) in [6.07, 6.45) is 2.99. The summed E-state index contributed by atoms with van der Waals surface area (Å²) in [4.78, 5) is 4.46. The van der Waals surface area contributed by atoms with Gasteiger partial charge in [0.2, 0.25) is 0 Å². The van der Waals surface area contributed by atoms with Gasteiger partial charge in [0.15, 0.2) is 5.96 Å². The van der Waals surface area contributed by atoms with Crippen molar-refractivity contribution in [2.75, 3.05) is 19.4 Å². The molecular weight excluding hydrogens is 270 g/mol. The van der Waals surface area contributed by atoms with Crippen LogP contribution in [0, 0.1) is 0 Å². The van der Waals surface area contributed by atoms with Gasteiger partial charge in [-0.15, -0.1) is 0 Å². The number of nitrogens with two attached hydrogens (primary N) is 1. The molecule has 1 atom stereocenters. The van der Waals surface area contributed by atoms with Crippen LogP contribution in [0.2, 0.25) is 0 Å². The van der Waals surface area contributed by atoms with E-state index in [4.69, 9.17) is 10.5 Å². The number of nitrogens with zero attached hydrogens (tertiary/aromatic N) is 1. The number of hydrogen-bond donors (Lipinski definition) is 2. The molecule has 1 unspecified atom stereocenters. The molecule has 0 saturated carbocycles. The molecule has 0 aromatic heterocycles. The fourth-order valence-corrected chi connectivity index (χ4v) is 2.25. The van der Waals surface area contributed by atoms with E-state index in [-0.39, 0.29) is 10.8 Å². The molecule has 1 heterocycles. The maximum atomic E-state index is 6.01. The zero-order valence-corrected chi connectivity index (χ0v) is 13.2. The number of guanidine groups is 1. The second-order valence-electron chi connectivity index (χ2n) is 5.54. The van der Waals surface area contributed by atoms with E-state index in [1.165, 1.54) is 0 Å². The molecule has 0 amide bonds. The van der Waals surface area contributed by atoms with Gasteiger partial charge in [-0.3, -0.25) is 4.99 Å². The average Bonchev–Trinajstić information content (AvgIpc) is 2.46. The summed E-state index contributed by atoms with van der Waals surface area (Å²) in [6, 6.07) is 8.26. The third-order valence-electron chi connectivity index (χ3n) is 3.46. The number of fused-ring (bicyclic) bond motifs is 1. The van der Waals surface area contributed by atoms with Crippen molar-refractivity contribution in [2.24, 2.45) is 10.7 Å². The van der Waals surface area contributed by atoms with Crippen molar-refractivity contribution in [3.8, 4) is 5.75 Å². The molecule has 1 aromatic carbocycles. The number of aliphatic imine (C=N–C) groups is 1. The van der Waals surface area contributed by atoms with Crippen molar-refractivity contribution in [1.82, 2.24) is 5.32 Å². The first kappa shape index (κ1) is 15.0. The van der Waals surface area contributed by atoms with Crippen molar-refractivity contribution >= 4 is 17.7 Å². The SMILES string of the molecule is CSC(C)(C)CN=C(N)NC1CCOc2ccccc21. The van der Waals surface area contributed by atoms with Gasteiger partial charge in [0.25, 0.3) is 0 Å². The molecule has 110 valence electrons. The van der Waals surface area contributed by atoms with E-state index < -0.39 is 0 Å². The van der Waals surface area contributed by atoms with Crippen LogP contribution in [0.3, 0.4) is 0 Å². The smallest absolute Gasteiger partial charge is 0.189 e. The van der Waals surface area contributed by atoms with Crippen LogP contribution in [-0.2, 0) is 0 Å². The van der Waals surface area contributed by atoms with E-state index in [0.29, 0.717) is 19.1 Å². The highest BCUT2D eigenvalue weighted by Crippen LogP contribution is 2.31. The molecular formula is C15H23N3OS. The molecule has 4 nitrogen and oxygen atoms in total. The predicted molar refractivity (Wildman–Crippen MR) is 86.5 cm³/mol. The van der Waals surface area contributed by atoms with Crippen LogP contribution in [-0.4, -0.2) is 30.1 Å². The van der Waals surface area contributed by atoms with Crippen LogP contribution in [0.25, 0.3) is 0 Å². The molecule has 2 rings (SSSR count). The summed E-state index contributed by atoms with van der Waals surface area (Å²) in [6.45, 7) is 5.74. The van der Waals surface area contributed by atoms with E-state index in [1.807, 2.05) is 18.2 Å². The predicted octanol–water partition coefficient (Wildman–Crippen LogP) is 2.56. The zero-order chi connectivity index (χ0) is 14.6. The van der Waals surface area contributed by atoms with Gasteiger partial charge in [0.1, 0.15) is 5.75 Å². The van der Waals surface area contributed by atoms with Crippen LogP contribution in [0.1, 0.15) is 31.9 Å². The van der Waals surface area contributed by atoms with Crippen molar-refractivity contribution < 1.29 is 4.74 Å². The highest BCUT2D eigenvalue weighted by molar-refractivity contribution is 7.99. The second kappa shape index (κ2) is 6.39. The molecule has 3 N–H and O–H groups in total. The summed E-state index contributed by atoms with van der Waals surface area (Å²) in [5, 5.41) is 3.31. The quantitative estimate of drug-likeness (QED) is 0.661. The number of hydrogen-bond acceptors (Lipinski definition) is 3. The fourth-order valence-electron chi connectivity index (χ4n) is 2.06. The highest BCUT2D eigenvalue weighted by atomic mass is 32.2. The van der Waals surface area contributed by atoms with Gasteiger partial charge in [-0.25, -0.2) is 0 Å². The Bertz CT molecular complexity index is 488. The Labute approximate surface area is 125 Å². The molecule has 1 aliphatic rings. The third-order valence-corrected chi connectivity index (χ3v) is 4.70. The summed E-state index contributed by atoms with van der Waals surface area (Å²) >= 11 is 1.79. The number of thioether (sulfide) groups is 1. The van der Waals surface area contributed by atoms with E-state index in [2.05, 4.69) is 36.5 Å². The molecule has 5 heteroatoms. The lowest BCUT2D eigenvalue weighted by Crippen LogP contribution is -2.38. The van der Waals surface area contributed by atoms with Gasteiger partial charge in [0.05, 0.1) is 19.2 Å². The van der Waals surface area contributed by atoms with E-state index in [1.54, 1.807) is 11.8 Å². The fraction of sp³-hybridized carbons (Fsp3) is 0.533. The minimum atomic E-state index is 0.111. The molecule has 20 heavy (non-hydrogen) atoms. The standard InChI is InChI=1S/C15H23N3OS/c1-15(2,20-3)10-17-14(16)18-12-8-9-19-13-7-5-4-6-11(12)13/h4-7,12H,8-10H2,1-3H3,(H3,16,17,18). The highest BCUT2D eigenvalue weighted by Gasteiger charge is 2.21. The lowest BCUT2D eigenvalue weighted by atomic mass is 10.0. The molecule has 0 radical (unpaired) electrons. The van der Waals surface area contributed by atoms with Crippen LogP contribution in [0.15, 0.2) is 29.3 Å².